The van der Waals surface area contributed by atoms with E-state index in [0.717, 1.165) is 5.36 Å². The van der Waals surface area contributed by atoms with Gasteiger partial charge < -0.3 is 4.57 Å². The molecule has 0 bridgehead atoms. The smallest absolute Gasteiger partial charge is 0.198 e. The van der Waals surface area contributed by atoms with Crippen LogP contribution in [-0.2, 0) is 7.05 Å². The van der Waals surface area contributed by atoms with E-state index in [0.29, 0.717) is 0 Å². The Hall–Kier alpha value is -2.65. The van der Waals surface area contributed by atoms with E-state index in [4.69, 9.17) is 5.41 Å². The minimum absolute atomic E-state index is 0.800. The maximum Gasteiger partial charge on any atom is 0.198 e. The maximum atomic E-state index is 6.05. The molecular weight excluding hydrogens is 300 g/mol. The van der Waals surface area contributed by atoms with Crippen LogP contribution < -0.4 is 10.8 Å². The minimum atomic E-state index is 0.800. The molecule has 3 heteroatoms. The van der Waals surface area contributed by atoms with Gasteiger partial charge in [0.1, 0.15) is 0 Å². The normalized spacial score (nSPS) is 11.9. The number of rotatable bonds is 0. The Morgan fingerprint density at radius 2 is 1.61 bits per heavy atom. The van der Waals surface area contributed by atoms with E-state index in [1.807, 2.05) is 17.4 Å². The predicted octanol–water partition coefficient (Wildman–Crippen LogP) is 3.36. The van der Waals surface area contributed by atoms with Gasteiger partial charge in [-0.25, -0.2) is 0 Å². The molecule has 3 aromatic carbocycles. The highest BCUT2D eigenvalue weighted by Gasteiger charge is 2.13. The van der Waals surface area contributed by atoms with Gasteiger partial charge in [0.25, 0.3) is 0 Å². The lowest BCUT2D eigenvalue weighted by molar-refractivity contribution is -0.172. The van der Waals surface area contributed by atoms with E-state index in [1.165, 1.54) is 42.0 Å². The Morgan fingerprint density at radius 1 is 0.826 bits per heavy atom. The lowest BCUT2D eigenvalue weighted by Gasteiger charge is -2.16. The molecule has 0 saturated carbocycles. The Balaban J connectivity index is 2.26. The van der Waals surface area contributed by atoms with E-state index < -0.39 is 0 Å². The summed E-state index contributed by atoms with van der Waals surface area (Å²) in [6, 6.07) is 21.4. The highest BCUT2D eigenvalue weighted by molar-refractivity contribution is 7.25. The van der Waals surface area contributed by atoms with E-state index in [9.17, 15) is 0 Å². The van der Waals surface area contributed by atoms with Crippen molar-refractivity contribution in [3.63, 3.8) is 0 Å². The molecule has 0 radical (unpaired) electrons. The van der Waals surface area contributed by atoms with Crippen LogP contribution in [0.2, 0.25) is 0 Å². The van der Waals surface area contributed by atoms with Gasteiger partial charge in [0.05, 0.1) is 11.0 Å². The molecule has 0 aliphatic carbocycles. The second-order valence-corrected chi connectivity index (χ2v) is 7.04. The fourth-order valence-corrected chi connectivity index (χ4v) is 4.73. The number of aromatic nitrogens is 1. The van der Waals surface area contributed by atoms with Crippen LogP contribution >= 0.6 is 11.3 Å². The summed E-state index contributed by atoms with van der Waals surface area (Å²) < 4.78 is 4.92. The molecule has 5 aromatic rings. The van der Waals surface area contributed by atoms with Crippen molar-refractivity contribution in [2.24, 2.45) is 7.05 Å². The van der Waals surface area contributed by atoms with Crippen molar-refractivity contribution >= 4 is 53.3 Å². The van der Waals surface area contributed by atoms with Crippen molar-refractivity contribution in [1.29, 1.82) is 0 Å². The first-order valence-corrected chi connectivity index (χ1v) is 8.47. The minimum Gasteiger partial charge on any atom is -0.343 e. The predicted molar refractivity (Wildman–Crippen MR) is 98.4 cm³/mol. The third-order valence-corrected chi connectivity index (χ3v) is 5.77. The summed E-state index contributed by atoms with van der Waals surface area (Å²) in [6.45, 7) is 0. The number of fused-ring (bicyclic) bond motifs is 4. The monoisotopic (exact) mass is 315 g/mol. The van der Waals surface area contributed by atoms with Gasteiger partial charge in [-0.1, -0.05) is 30.3 Å². The van der Waals surface area contributed by atoms with Crippen molar-refractivity contribution in [1.82, 2.24) is 4.57 Å². The van der Waals surface area contributed by atoms with E-state index in [2.05, 4.69) is 66.2 Å². The Morgan fingerprint density at radius 3 is 2.52 bits per heavy atom. The average molecular weight is 315 g/mol. The van der Waals surface area contributed by atoms with E-state index >= 15 is 0 Å². The summed E-state index contributed by atoms with van der Waals surface area (Å²) in [5.41, 5.74) is 2.45. The number of hydrogen-bond donors (Lipinski definition) is 1. The topological polar surface area (TPSA) is 30.5 Å². The third-order valence-electron chi connectivity index (χ3n) is 4.63. The molecule has 2 heterocycles. The molecule has 5 rings (SSSR count). The molecule has 0 spiro atoms. The van der Waals surface area contributed by atoms with E-state index in [-0.39, 0.29) is 0 Å². The van der Waals surface area contributed by atoms with Crippen LogP contribution in [0.3, 0.4) is 0 Å². The van der Waals surface area contributed by atoms with Gasteiger partial charge in [0.15, 0.2) is 5.36 Å². The molecule has 0 atom stereocenters. The Labute approximate surface area is 136 Å². The van der Waals surface area contributed by atoms with E-state index in [1.54, 1.807) is 0 Å². The summed E-state index contributed by atoms with van der Waals surface area (Å²) in [6.07, 6.45) is 0. The molecule has 0 aliphatic rings. The van der Waals surface area contributed by atoms with Gasteiger partial charge in [0, 0.05) is 44.7 Å². The molecule has 23 heavy (non-hydrogen) atoms. The summed E-state index contributed by atoms with van der Waals surface area (Å²) in [7, 11) is 2.14. The highest BCUT2D eigenvalue weighted by Crippen LogP contribution is 2.39. The van der Waals surface area contributed by atoms with Gasteiger partial charge in [-0.3, -0.25) is 5.41 Å². The maximum absolute atomic E-state index is 6.05. The first-order chi connectivity index (χ1) is 11.2. The molecule has 110 valence electrons. The van der Waals surface area contributed by atoms with Crippen molar-refractivity contribution in [2.75, 3.05) is 0 Å². The van der Waals surface area contributed by atoms with Crippen LogP contribution in [0.25, 0.3) is 42.0 Å². The SMILES string of the molecule is Cn1c2cc(=[NH2+])ccc2c2cccc3sc4ccccc4c1c32. The Kier molecular flexibility index (Phi) is 2.48. The van der Waals surface area contributed by atoms with Crippen molar-refractivity contribution in [3.05, 3.63) is 66.0 Å². The number of hydrogen-bond acceptors (Lipinski definition) is 1. The fraction of sp³-hybridized carbons (Fsp3) is 0.0500. The first-order valence-electron chi connectivity index (χ1n) is 7.65. The largest absolute Gasteiger partial charge is 0.343 e. The van der Waals surface area contributed by atoms with Crippen molar-refractivity contribution in [3.8, 4) is 0 Å². The molecule has 0 aliphatic heterocycles. The van der Waals surface area contributed by atoms with Crippen LogP contribution in [0.4, 0.5) is 0 Å². The zero-order valence-electron chi connectivity index (χ0n) is 12.7. The molecule has 0 unspecified atom stereocenters. The lowest BCUT2D eigenvalue weighted by Crippen LogP contribution is -2.44. The summed E-state index contributed by atoms with van der Waals surface area (Å²) in [5, 5.41) is 12.0. The molecule has 0 amide bonds. The summed E-state index contributed by atoms with van der Waals surface area (Å²) >= 11 is 1.86. The zero-order valence-corrected chi connectivity index (χ0v) is 13.5. The number of pyridine rings is 1. The van der Waals surface area contributed by atoms with Gasteiger partial charge in [-0.2, -0.15) is 0 Å². The fourth-order valence-electron chi connectivity index (χ4n) is 3.61. The molecule has 2 nitrogen and oxygen atoms in total. The number of benzene rings is 3. The number of nitrogens with zero attached hydrogens (tertiary/aromatic N) is 1. The molecular formula is C20H15N2S+. The van der Waals surface area contributed by atoms with Crippen LogP contribution in [0.5, 0.6) is 0 Å². The second-order valence-electron chi connectivity index (χ2n) is 5.96. The standard InChI is InChI=1S/C20H14N2S/c1-22-16-11-12(21)9-10-13(16)14-6-4-8-18-19(14)20(22)15-5-2-3-7-17(15)23-18/h2-11,21H,1H3/p+1. The molecule has 2 aromatic heterocycles. The van der Waals surface area contributed by atoms with Gasteiger partial charge in [0.2, 0.25) is 0 Å². The van der Waals surface area contributed by atoms with Crippen LogP contribution in [0, 0.1) is 0 Å². The second kappa shape index (κ2) is 4.43. The quantitative estimate of drug-likeness (QED) is 0.336. The lowest BCUT2D eigenvalue weighted by atomic mass is 10.0. The third kappa shape index (κ3) is 1.65. The van der Waals surface area contributed by atoms with Crippen LogP contribution in [0.1, 0.15) is 0 Å². The Bertz CT molecular complexity index is 1290. The number of nitrogens with two attached hydrogens (primary N) is 1. The zero-order chi connectivity index (χ0) is 15.6. The van der Waals surface area contributed by atoms with Gasteiger partial charge in [-0.05, 0) is 23.6 Å². The summed E-state index contributed by atoms with van der Waals surface area (Å²) in [4.78, 5) is 0. The van der Waals surface area contributed by atoms with Crippen LogP contribution in [-0.4, -0.2) is 4.57 Å². The highest BCUT2D eigenvalue weighted by atomic mass is 32.1. The van der Waals surface area contributed by atoms with Gasteiger partial charge in [-0.15, -0.1) is 11.3 Å². The first kappa shape index (κ1) is 12.9. The molecule has 0 saturated heterocycles. The van der Waals surface area contributed by atoms with Crippen molar-refractivity contribution < 1.29 is 5.41 Å². The van der Waals surface area contributed by atoms with Crippen molar-refractivity contribution in [2.45, 2.75) is 0 Å². The summed E-state index contributed by atoms with van der Waals surface area (Å²) in [5.74, 6) is 0. The molecule has 0 fully saturated rings. The van der Waals surface area contributed by atoms with Gasteiger partial charge >= 0.3 is 0 Å². The number of aryl methyl sites for hydroxylation is 1. The van der Waals surface area contributed by atoms with Crippen LogP contribution in [0.15, 0.2) is 60.7 Å². The average Bonchev–Trinajstić information content (AvgIpc) is 2.58. The molecule has 2 N–H and O–H groups in total.